The molecular formula is C22H26N2O5S. The lowest BCUT2D eigenvalue weighted by Crippen LogP contribution is -2.31. The second-order valence-electron chi connectivity index (χ2n) is 7.67. The van der Waals surface area contributed by atoms with Crippen LogP contribution in [0.4, 0.5) is 5.69 Å². The molecule has 0 radical (unpaired) electrons. The molecule has 8 heteroatoms. The first-order valence-electron chi connectivity index (χ1n) is 9.84. The van der Waals surface area contributed by atoms with Crippen molar-refractivity contribution in [3.63, 3.8) is 0 Å². The van der Waals surface area contributed by atoms with E-state index in [1.165, 1.54) is 25.3 Å². The molecule has 1 heterocycles. The van der Waals surface area contributed by atoms with Crippen LogP contribution in [-0.2, 0) is 19.6 Å². The summed E-state index contributed by atoms with van der Waals surface area (Å²) in [6.45, 7) is 4.06. The van der Waals surface area contributed by atoms with Crippen LogP contribution in [0.2, 0.25) is 0 Å². The number of amides is 2. The van der Waals surface area contributed by atoms with Gasteiger partial charge in [-0.25, -0.2) is 18.0 Å². The minimum absolute atomic E-state index is 0.0320. The summed E-state index contributed by atoms with van der Waals surface area (Å²) in [4.78, 5) is 25.3. The second-order valence-corrected chi connectivity index (χ2v) is 9.38. The number of nitrogens with one attached hydrogen (secondary N) is 1. The maximum atomic E-state index is 13.2. The lowest BCUT2D eigenvalue weighted by atomic mass is 9.98. The molecule has 1 N–H and O–H groups in total. The molecule has 0 spiro atoms. The molecule has 0 saturated carbocycles. The fourth-order valence-electron chi connectivity index (χ4n) is 3.52. The van der Waals surface area contributed by atoms with Crippen molar-refractivity contribution in [1.29, 1.82) is 0 Å². The molecule has 2 amide bonds. The van der Waals surface area contributed by atoms with Gasteiger partial charge in [0.2, 0.25) is 21.8 Å². The molecule has 160 valence electrons. The Kier molecular flexibility index (Phi) is 6.58. The average Bonchev–Trinajstić information content (AvgIpc) is 3.05. The van der Waals surface area contributed by atoms with Crippen LogP contribution in [0.1, 0.15) is 44.7 Å². The lowest BCUT2D eigenvalue weighted by Gasteiger charge is -2.22. The van der Waals surface area contributed by atoms with Crippen LogP contribution in [0.15, 0.2) is 53.4 Å². The van der Waals surface area contributed by atoms with Gasteiger partial charge in [-0.2, -0.15) is 0 Å². The highest BCUT2D eigenvalue weighted by atomic mass is 32.2. The molecule has 1 aliphatic heterocycles. The molecular weight excluding hydrogens is 404 g/mol. The highest BCUT2D eigenvalue weighted by Crippen LogP contribution is 2.35. The van der Waals surface area contributed by atoms with E-state index in [0.717, 1.165) is 10.5 Å². The monoisotopic (exact) mass is 430 g/mol. The van der Waals surface area contributed by atoms with E-state index >= 15 is 0 Å². The summed E-state index contributed by atoms with van der Waals surface area (Å²) in [5.74, 6) is -0.214. The topological polar surface area (TPSA) is 92.8 Å². The Hall–Kier alpha value is -2.71. The molecule has 2 aromatic rings. The molecule has 3 rings (SSSR count). The summed E-state index contributed by atoms with van der Waals surface area (Å²) in [5, 5.41) is 0. The Bertz CT molecular complexity index is 1020. The highest BCUT2D eigenvalue weighted by Gasteiger charge is 2.33. The van der Waals surface area contributed by atoms with Gasteiger partial charge in [0.1, 0.15) is 5.75 Å². The van der Waals surface area contributed by atoms with Crippen molar-refractivity contribution in [3.05, 3.63) is 54.1 Å². The van der Waals surface area contributed by atoms with Crippen molar-refractivity contribution in [2.45, 2.75) is 44.0 Å². The minimum Gasteiger partial charge on any atom is -0.495 e. The highest BCUT2D eigenvalue weighted by molar-refractivity contribution is 7.89. The van der Waals surface area contributed by atoms with Gasteiger partial charge in [0.05, 0.1) is 17.7 Å². The largest absolute Gasteiger partial charge is 0.495 e. The van der Waals surface area contributed by atoms with E-state index in [9.17, 15) is 18.0 Å². The quantitative estimate of drug-likeness (QED) is 0.648. The van der Waals surface area contributed by atoms with Crippen LogP contribution in [0.25, 0.3) is 0 Å². The van der Waals surface area contributed by atoms with Gasteiger partial charge in [0.15, 0.2) is 0 Å². The number of benzene rings is 2. The van der Waals surface area contributed by atoms with E-state index in [0.29, 0.717) is 6.42 Å². The normalized spacial score (nSPS) is 15.7. The number of hydrogen-bond acceptors (Lipinski definition) is 5. The Balaban J connectivity index is 1.98. The first kappa shape index (κ1) is 22.0. The van der Waals surface area contributed by atoms with Crippen molar-refractivity contribution < 1.29 is 22.7 Å². The van der Waals surface area contributed by atoms with E-state index < -0.39 is 16.1 Å². The summed E-state index contributed by atoms with van der Waals surface area (Å²) in [6.07, 6.45) is 0.818. The molecule has 0 unspecified atom stereocenters. The molecule has 1 fully saturated rings. The van der Waals surface area contributed by atoms with Gasteiger partial charge in [-0.05, 0) is 36.1 Å². The van der Waals surface area contributed by atoms with Crippen molar-refractivity contribution in [2.24, 2.45) is 5.92 Å². The molecule has 0 aliphatic carbocycles. The van der Waals surface area contributed by atoms with Crippen molar-refractivity contribution >= 4 is 27.5 Å². The molecule has 30 heavy (non-hydrogen) atoms. The zero-order valence-electron chi connectivity index (χ0n) is 17.3. The fraction of sp³-hybridized carbons (Fsp3) is 0.364. The van der Waals surface area contributed by atoms with E-state index in [2.05, 4.69) is 4.72 Å². The van der Waals surface area contributed by atoms with E-state index in [1.54, 1.807) is 0 Å². The van der Waals surface area contributed by atoms with E-state index in [-0.39, 0.29) is 46.9 Å². The maximum absolute atomic E-state index is 13.2. The van der Waals surface area contributed by atoms with E-state index in [4.69, 9.17) is 4.74 Å². The summed E-state index contributed by atoms with van der Waals surface area (Å²) in [5.41, 5.74) is 1.02. The number of nitrogens with zero attached hydrogens (tertiary/aromatic N) is 1. The van der Waals surface area contributed by atoms with Crippen LogP contribution >= 0.6 is 0 Å². The summed E-state index contributed by atoms with van der Waals surface area (Å²) in [7, 11) is -2.51. The Morgan fingerprint density at radius 1 is 1.03 bits per heavy atom. The number of rotatable bonds is 8. The predicted octanol–water partition coefficient (Wildman–Crippen LogP) is 3.41. The molecule has 1 saturated heterocycles. The number of ether oxygens (including phenoxy) is 1. The van der Waals surface area contributed by atoms with Gasteiger partial charge in [-0.1, -0.05) is 44.2 Å². The predicted molar refractivity (Wildman–Crippen MR) is 114 cm³/mol. The standard InChI is InChI=1S/C22H26N2O5S/c1-15(2)13-18(16-7-5-4-6-8-16)23-30(27,28)17-9-10-20(29-3)19(14-17)24-21(25)11-12-22(24)26/h4-10,14-15,18,23H,11-13H2,1-3H3/t18-/m0/s1. The third-order valence-electron chi connectivity index (χ3n) is 4.96. The SMILES string of the molecule is COc1ccc(S(=O)(=O)N[C@@H](CC(C)C)c2ccccc2)cc1N1C(=O)CCC1=O. The zero-order chi connectivity index (χ0) is 21.9. The number of carbonyl (C=O) groups excluding carboxylic acids is 2. The van der Waals surface area contributed by atoms with Gasteiger partial charge >= 0.3 is 0 Å². The van der Waals surface area contributed by atoms with Crippen LogP contribution in [0.5, 0.6) is 5.75 Å². The molecule has 2 aromatic carbocycles. The molecule has 0 bridgehead atoms. The van der Waals surface area contributed by atoms with Crippen LogP contribution < -0.4 is 14.4 Å². The van der Waals surface area contributed by atoms with Crippen LogP contribution in [0.3, 0.4) is 0 Å². The lowest BCUT2D eigenvalue weighted by molar-refractivity contribution is -0.121. The molecule has 1 atom stereocenters. The van der Waals surface area contributed by atoms with Crippen molar-refractivity contribution in [3.8, 4) is 5.75 Å². The van der Waals surface area contributed by atoms with Crippen LogP contribution in [0, 0.1) is 5.92 Å². The second kappa shape index (κ2) is 8.97. The Labute approximate surface area is 177 Å². The van der Waals surface area contributed by atoms with Gasteiger partial charge in [-0.3, -0.25) is 9.59 Å². The third kappa shape index (κ3) is 4.71. The van der Waals surface area contributed by atoms with Gasteiger partial charge < -0.3 is 4.74 Å². The maximum Gasteiger partial charge on any atom is 0.241 e. The van der Waals surface area contributed by atoms with Crippen molar-refractivity contribution in [1.82, 2.24) is 4.72 Å². The number of sulfonamides is 1. The van der Waals surface area contributed by atoms with E-state index in [1.807, 2.05) is 44.2 Å². The Morgan fingerprint density at radius 2 is 1.67 bits per heavy atom. The molecule has 0 aromatic heterocycles. The molecule has 7 nitrogen and oxygen atoms in total. The number of carbonyl (C=O) groups is 2. The third-order valence-corrected chi connectivity index (χ3v) is 6.43. The fourth-order valence-corrected chi connectivity index (χ4v) is 4.78. The summed E-state index contributed by atoms with van der Waals surface area (Å²) in [6, 6.07) is 13.2. The van der Waals surface area contributed by atoms with Crippen molar-refractivity contribution in [2.75, 3.05) is 12.0 Å². The van der Waals surface area contributed by atoms with Gasteiger partial charge in [0, 0.05) is 18.9 Å². The van der Waals surface area contributed by atoms with Gasteiger partial charge in [-0.15, -0.1) is 0 Å². The average molecular weight is 431 g/mol. The Morgan fingerprint density at radius 3 is 2.23 bits per heavy atom. The number of methoxy groups -OCH3 is 1. The molecule has 1 aliphatic rings. The number of anilines is 1. The first-order chi connectivity index (χ1) is 14.2. The summed E-state index contributed by atoms with van der Waals surface area (Å²) < 4.78 is 34.4. The van der Waals surface area contributed by atoms with Gasteiger partial charge in [0.25, 0.3) is 0 Å². The van der Waals surface area contributed by atoms with Crippen LogP contribution in [-0.4, -0.2) is 27.3 Å². The summed E-state index contributed by atoms with van der Waals surface area (Å²) >= 11 is 0. The minimum atomic E-state index is -3.92. The number of hydrogen-bond donors (Lipinski definition) is 1. The number of imide groups is 1. The first-order valence-corrected chi connectivity index (χ1v) is 11.3. The smallest absolute Gasteiger partial charge is 0.241 e. The zero-order valence-corrected chi connectivity index (χ0v) is 18.1.